The van der Waals surface area contributed by atoms with Crippen molar-refractivity contribution in [3.05, 3.63) is 127 Å². The van der Waals surface area contributed by atoms with Gasteiger partial charge < -0.3 is 5.32 Å². The molecule has 0 saturated heterocycles. The summed E-state index contributed by atoms with van der Waals surface area (Å²) in [6.45, 7) is 0.754. The van der Waals surface area contributed by atoms with Gasteiger partial charge in [0, 0.05) is 28.3 Å². The molecule has 0 spiro atoms. The van der Waals surface area contributed by atoms with Crippen LogP contribution in [0.2, 0.25) is 0 Å². The van der Waals surface area contributed by atoms with Gasteiger partial charge in [-0.15, -0.1) is 0 Å². The molecule has 0 aliphatic carbocycles. The Bertz CT molecular complexity index is 1780. The van der Waals surface area contributed by atoms with Crippen LogP contribution in [0, 0.1) is 0 Å². The summed E-state index contributed by atoms with van der Waals surface area (Å²) in [5.41, 5.74) is 9.19. The predicted octanol–water partition coefficient (Wildman–Crippen LogP) is 6.89. The maximum absolute atomic E-state index is 5.10. The van der Waals surface area contributed by atoms with Gasteiger partial charge in [0.15, 0.2) is 0 Å². The van der Waals surface area contributed by atoms with Crippen molar-refractivity contribution >= 4 is 17.0 Å². The van der Waals surface area contributed by atoms with Crippen molar-refractivity contribution in [2.75, 3.05) is 0 Å². The molecule has 5 heterocycles. The highest BCUT2D eigenvalue weighted by atomic mass is 15.1. The highest BCUT2D eigenvalue weighted by Gasteiger charge is 2.19. The van der Waals surface area contributed by atoms with Crippen LogP contribution in [-0.4, -0.2) is 19.5 Å². The molecule has 6 aromatic rings. The summed E-state index contributed by atoms with van der Waals surface area (Å²) in [4.78, 5) is 14.7. The van der Waals surface area contributed by atoms with Crippen molar-refractivity contribution in [2.24, 2.45) is 0 Å². The number of aromatic nitrogens is 4. The maximum atomic E-state index is 5.10. The van der Waals surface area contributed by atoms with E-state index in [9.17, 15) is 0 Å². The Labute approximate surface area is 214 Å². The summed E-state index contributed by atoms with van der Waals surface area (Å²) < 4.78 is 2.25. The third-order valence-corrected chi connectivity index (χ3v) is 6.77. The molecule has 1 N–H and O–H groups in total. The van der Waals surface area contributed by atoms with Gasteiger partial charge in [-0.2, -0.15) is 0 Å². The zero-order valence-electron chi connectivity index (χ0n) is 20.0. The van der Waals surface area contributed by atoms with Crippen molar-refractivity contribution < 1.29 is 0 Å². The SMILES string of the molecule is C1=Cc2c(n(-c3cccc(-c4cccc(-c5ccccc5-c5ccccn5)n4)n3)c3ccccc23)CN1. The number of para-hydroxylation sites is 1. The summed E-state index contributed by atoms with van der Waals surface area (Å²) in [5, 5.41) is 4.59. The molecule has 0 fully saturated rings. The zero-order chi connectivity index (χ0) is 24.6. The van der Waals surface area contributed by atoms with Crippen molar-refractivity contribution in [1.82, 2.24) is 24.8 Å². The van der Waals surface area contributed by atoms with E-state index in [1.165, 1.54) is 16.6 Å². The summed E-state index contributed by atoms with van der Waals surface area (Å²) in [6.07, 6.45) is 5.98. The highest BCUT2D eigenvalue weighted by molar-refractivity contribution is 5.93. The zero-order valence-corrected chi connectivity index (χ0v) is 20.0. The monoisotopic (exact) mass is 477 g/mol. The van der Waals surface area contributed by atoms with Gasteiger partial charge in [0.25, 0.3) is 0 Å². The lowest BCUT2D eigenvalue weighted by Gasteiger charge is -2.14. The van der Waals surface area contributed by atoms with Gasteiger partial charge in [0.2, 0.25) is 0 Å². The first-order valence-corrected chi connectivity index (χ1v) is 12.3. The van der Waals surface area contributed by atoms with Crippen molar-refractivity contribution in [3.8, 4) is 39.7 Å². The quantitative estimate of drug-likeness (QED) is 0.300. The van der Waals surface area contributed by atoms with Crippen molar-refractivity contribution in [3.63, 3.8) is 0 Å². The first-order chi connectivity index (χ1) is 18.4. The molecule has 5 nitrogen and oxygen atoms in total. The van der Waals surface area contributed by atoms with E-state index in [1.807, 2.05) is 67.0 Å². The summed E-state index contributed by atoms with van der Waals surface area (Å²) in [6, 6.07) is 35.0. The number of nitrogens with zero attached hydrogens (tertiary/aromatic N) is 4. The first-order valence-electron chi connectivity index (χ1n) is 12.3. The summed E-state index contributed by atoms with van der Waals surface area (Å²) in [5.74, 6) is 0.883. The number of rotatable bonds is 4. The van der Waals surface area contributed by atoms with Gasteiger partial charge in [0.1, 0.15) is 5.82 Å². The third-order valence-electron chi connectivity index (χ3n) is 6.77. The molecule has 0 atom stereocenters. The van der Waals surface area contributed by atoms with Crippen LogP contribution in [0.3, 0.4) is 0 Å². The number of hydrogen-bond acceptors (Lipinski definition) is 4. The smallest absolute Gasteiger partial charge is 0.138 e. The Morgan fingerprint density at radius 2 is 1.32 bits per heavy atom. The van der Waals surface area contributed by atoms with Gasteiger partial charge in [-0.3, -0.25) is 9.55 Å². The summed E-state index contributed by atoms with van der Waals surface area (Å²) >= 11 is 0. The van der Waals surface area contributed by atoms with Crippen molar-refractivity contribution in [1.29, 1.82) is 0 Å². The lowest BCUT2D eigenvalue weighted by Crippen LogP contribution is -2.14. The fourth-order valence-electron chi connectivity index (χ4n) is 5.11. The average Bonchev–Trinajstić information content (AvgIpc) is 3.32. The second kappa shape index (κ2) is 8.88. The number of pyridine rings is 3. The van der Waals surface area contributed by atoms with Crippen LogP contribution < -0.4 is 5.32 Å². The van der Waals surface area contributed by atoms with Gasteiger partial charge in [-0.05, 0) is 54.7 Å². The van der Waals surface area contributed by atoms with Gasteiger partial charge >= 0.3 is 0 Å². The Hall–Kier alpha value is -5.03. The number of benzene rings is 2. The van der Waals surface area contributed by atoms with Crippen LogP contribution in [0.1, 0.15) is 11.3 Å². The molecule has 5 heteroatoms. The molecule has 1 aliphatic heterocycles. The van der Waals surface area contributed by atoms with Crippen LogP contribution >= 0.6 is 0 Å². The second-order valence-electron chi connectivity index (χ2n) is 8.98. The minimum atomic E-state index is 0.754. The molecule has 0 amide bonds. The van der Waals surface area contributed by atoms with Gasteiger partial charge in [-0.25, -0.2) is 9.97 Å². The number of fused-ring (bicyclic) bond motifs is 3. The number of nitrogens with one attached hydrogen (secondary N) is 1. The minimum Gasteiger partial charge on any atom is -0.385 e. The molecule has 1 aliphatic rings. The largest absolute Gasteiger partial charge is 0.385 e. The number of hydrogen-bond donors (Lipinski definition) is 1. The van der Waals surface area contributed by atoms with E-state index in [0.717, 1.165) is 51.8 Å². The van der Waals surface area contributed by atoms with Crippen LogP contribution in [0.5, 0.6) is 0 Å². The Balaban J connectivity index is 1.34. The van der Waals surface area contributed by atoms with Crippen molar-refractivity contribution in [2.45, 2.75) is 6.54 Å². The van der Waals surface area contributed by atoms with E-state index in [-0.39, 0.29) is 0 Å². The lowest BCUT2D eigenvalue weighted by atomic mass is 10.0. The fraction of sp³-hybridized carbons (Fsp3) is 0.0312. The molecule has 7 rings (SSSR count). The van der Waals surface area contributed by atoms with E-state index in [1.54, 1.807) is 0 Å². The third kappa shape index (κ3) is 3.69. The lowest BCUT2D eigenvalue weighted by molar-refractivity contribution is 0.795. The predicted molar refractivity (Wildman–Crippen MR) is 149 cm³/mol. The molecule has 0 unspecified atom stereocenters. The standard InChI is InChI=1S/C32H23N5/c1-2-10-23(22(9-1)26-12-5-6-19-34-26)27-13-7-14-28(35-27)29-15-8-17-32(36-29)37-30-16-4-3-11-24(30)25-18-20-33-21-31(25)37/h1-20,33H,21H2. The fourth-order valence-corrected chi connectivity index (χ4v) is 5.11. The molecular formula is C32H23N5. The van der Waals surface area contributed by atoms with E-state index >= 15 is 0 Å². The Morgan fingerprint density at radius 1 is 0.622 bits per heavy atom. The van der Waals surface area contributed by atoms with Crippen LogP contribution in [0.4, 0.5) is 0 Å². The van der Waals surface area contributed by atoms with E-state index in [2.05, 4.69) is 69.5 Å². The Kier molecular flexibility index (Phi) is 5.10. The van der Waals surface area contributed by atoms with Crippen LogP contribution in [0.15, 0.2) is 116 Å². The highest BCUT2D eigenvalue weighted by Crippen LogP contribution is 2.33. The maximum Gasteiger partial charge on any atom is 0.138 e. The molecule has 0 radical (unpaired) electrons. The van der Waals surface area contributed by atoms with Crippen LogP contribution in [0.25, 0.3) is 56.7 Å². The second-order valence-corrected chi connectivity index (χ2v) is 8.98. The first kappa shape index (κ1) is 21.3. The molecule has 176 valence electrons. The van der Waals surface area contributed by atoms with E-state index < -0.39 is 0 Å². The minimum absolute atomic E-state index is 0.754. The van der Waals surface area contributed by atoms with E-state index in [4.69, 9.17) is 9.97 Å². The van der Waals surface area contributed by atoms with Gasteiger partial charge in [0.05, 0.1) is 40.5 Å². The molecule has 0 bridgehead atoms. The topological polar surface area (TPSA) is 55.6 Å². The Morgan fingerprint density at radius 3 is 2.19 bits per heavy atom. The molecular weight excluding hydrogens is 454 g/mol. The molecule has 4 aromatic heterocycles. The normalized spacial score (nSPS) is 12.3. The van der Waals surface area contributed by atoms with Crippen LogP contribution in [-0.2, 0) is 6.54 Å². The van der Waals surface area contributed by atoms with E-state index in [0.29, 0.717) is 0 Å². The summed E-state index contributed by atoms with van der Waals surface area (Å²) in [7, 11) is 0. The molecule has 0 saturated carbocycles. The molecule has 2 aromatic carbocycles. The molecule has 37 heavy (non-hydrogen) atoms. The average molecular weight is 478 g/mol. The van der Waals surface area contributed by atoms with Gasteiger partial charge in [-0.1, -0.05) is 60.7 Å².